The van der Waals surface area contributed by atoms with E-state index in [4.69, 9.17) is 9.47 Å². The van der Waals surface area contributed by atoms with Gasteiger partial charge in [0.25, 0.3) is 0 Å². The fourth-order valence-electron chi connectivity index (χ4n) is 12.6. The summed E-state index contributed by atoms with van der Waals surface area (Å²) in [5, 5.41) is 0. The van der Waals surface area contributed by atoms with Crippen LogP contribution in [0.2, 0.25) is 0 Å². The lowest BCUT2D eigenvalue weighted by Gasteiger charge is -2.61. The molecule has 0 radical (unpaired) electrons. The number of fused-ring (bicyclic) bond motifs is 8. The monoisotopic (exact) mass is 818 g/mol. The molecule has 0 bridgehead atoms. The first-order valence-electron chi connectivity index (χ1n) is 21.6. The van der Waals surface area contributed by atoms with Gasteiger partial charge in [0.15, 0.2) is 0 Å². The first-order chi connectivity index (χ1) is 27.8. The van der Waals surface area contributed by atoms with Crippen molar-refractivity contribution in [3.05, 3.63) is 107 Å². The summed E-state index contributed by atoms with van der Waals surface area (Å²) in [4.78, 5) is 6.75. The molecule has 8 unspecified atom stereocenters. The maximum Gasteiger partial charge on any atom is 0.207 e. The van der Waals surface area contributed by atoms with Gasteiger partial charge in [-0.25, -0.2) is 16.8 Å². The molecule has 10 heteroatoms. The minimum absolute atomic E-state index is 0.00782. The Morgan fingerprint density at radius 3 is 1.28 bits per heavy atom. The van der Waals surface area contributed by atoms with Crippen LogP contribution in [0.5, 0.6) is 0 Å². The molecule has 3 aliphatic carbocycles. The fraction of sp³-hybridized carbons (Fsp3) is 0.500. The highest BCUT2D eigenvalue weighted by Gasteiger charge is 2.55. The normalized spacial score (nSPS) is 33.1. The fourth-order valence-corrected chi connectivity index (χ4v) is 16.6. The lowest BCUT2D eigenvalue weighted by Crippen LogP contribution is -2.71. The molecule has 0 spiro atoms. The van der Waals surface area contributed by atoms with E-state index in [9.17, 15) is 16.8 Å². The Bertz CT molecular complexity index is 2390. The number of ether oxygens (including phenoxy) is 2. The van der Waals surface area contributed by atoms with Crippen molar-refractivity contribution in [1.29, 1.82) is 0 Å². The third-order valence-corrected chi connectivity index (χ3v) is 19.1. The third kappa shape index (κ3) is 5.23. The minimum Gasteiger partial charge on any atom is -0.371 e. The van der Waals surface area contributed by atoms with Gasteiger partial charge in [-0.05, 0) is 97.2 Å². The summed E-state index contributed by atoms with van der Waals surface area (Å²) in [5.74, 6) is 0. The van der Waals surface area contributed by atoms with Gasteiger partial charge in [-0.1, -0.05) is 102 Å². The summed E-state index contributed by atoms with van der Waals surface area (Å²) < 4.78 is 72.0. The average Bonchev–Trinajstić information content (AvgIpc) is 3.23. The summed E-state index contributed by atoms with van der Waals surface area (Å²) in [6.45, 7) is 8.52. The van der Waals surface area contributed by atoms with E-state index in [0.717, 1.165) is 97.8 Å². The molecule has 304 valence electrons. The maximum absolute atomic E-state index is 14.4. The van der Waals surface area contributed by atoms with Crippen molar-refractivity contribution in [3.63, 3.8) is 0 Å². The van der Waals surface area contributed by atoms with E-state index in [-0.39, 0.29) is 48.6 Å². The molecule has 5 fully saturated rings. The topological polar surface area (TPSA) is 93.2 Å². The first kappa shape index (κ1) is 37.3. The molecule has 0 aromatic heterocycles. The first-order valence-corrected chi connectivity index (χ1v) is 24.6. The number of hydrogen-bond donors (Lipinski definition) is 0. The molecule has 4 aromatic rings. The molecule has 11 rings (SSSR count). The number of nitrogens with zero attached hydrogens (tertiary/aromatic N) is 2. The number of hydrogen-bond acceptors (Lipinski definition) is 8. The van der Waals surface area contributed by atoms with Crippen LogP contribution in [0, 0.1) is 0 Å². The zero-order chi connectivity index (χ0) is 39.9. The Morgan fingerprint density at radius 2 is 0.845 bits per heavy atom. The van der Waals surface area contributed by atoms with Crippen LogP contribution in [0.15, 0.2) is 105 Å². The second-order valence-corrected chi connectivity index (χ2v) is 22.9. The smallest absolute Gasteiger partial charge is 0.207 e. The summed E-state index contributed by atoms with van der Waals surface area (Å²) in [5.41, 5.74) is 4.37. The standard InChI is InChI=1S/C48H54N2O6S2/c1-47(2)31-13-5-11-19-43(31)57(51,52)45-25-29(21-23-33(45)47)49-35-15-7-9-17-39(35)55-41-28-38-42(27-37(41)49)56-40-18-10-8-16-36(40)50(38)30-22-24-34-46(26-30)58(53,54)44-20-12-6-14-32(44)48(34,3)4/h5-6,11-14,19-26,35-42H,7-10,15-18,27-28H2,1-4H3. The average molecular weight is 819 g/mol. The lowest BCUT2D eigenvalue weighted by atomic mass is 9.75. The Morgan fingerprint density at radius 1 is 0.466 bits per heavy atom. The van der Waals surface area contributed by atoms with Gasteiger partial charge in [0.2, 0.25) is 19.7 Å². The molecular formula is C48H54N2O6S2. The number of anilines is 2. The van der Waals surface area contributed by atoms with Gasteiger partial charge in [0.05, 0.1) is 68.2 Å². The Balaban J connectivity index is 0.993. The van der Waals surface area contributed by atoms with Crippen molar-refractivity contribution in [2.75, 3.05) is 9.80 Å². The Labute approximate surface area is 343 Å². The lowest BCUT2D eigenvalue weighted by molar-refractivity contribution is -0.154. The van der Waals surface area contributed by atoms with E-state index >= 15 is 0 Å². The third-order valence-electron chi connectivity index (χ3n) is 15.4. The summed E-state index contributed by atoms with van der Waals surface area (Å²) >= 11 is 0. The van der Waals surface area contributed by atoms with E-state index in [0.29, 0.717) is 19.6 Å². The van der Waals surface area contributed by atoms with Crippen molar-refractivity contribution in [3.8, 4) is 0 Å². The van der Waals surface area contributed by atoms with Crippen molar-refractivity contribution < 1.29 is 26.3 Å². The molecule has 4 aromatic carbocycles. The second kappa shape index (κ2) is 12.9. The van der Waals surface area contributed by atoms with Gasteiger partial charge in [-0.2, -0.15) is 0 Å². The SMILES string of the molecule is CC1(C)c2ccccc2S(=O)(=O)c2cc(N3C4CCCCC4OC4CC5C(CC43)OC3CCCCC3N5c3ccc4c(c3)S(=O)(=O)c3ccccc3C4(C)C)ccc21. The molecule has 0 amide bonds. The quantitative estimate of drug-likeness (QED) is 0.198. The van der Waals surface area contributed by atoms with Gasteiger partial charge in [0.1, 0.15) is 0 Å². The molecule has 4 aliphatic heterocycles. The van der Waals surface area contributed by atoms with Crippen LogP contribution in [0.25, 0.3) is 0 Å². The Kier molecular flexibility index (Phi) is 8.30. The van der Waals surface area contributed by atoms with Crippen LogP contribution in [0.3, 0.4) is 0 Å². The molecule has 58 heavy (non-hydrogen) atoms. The van der Waals surface area contributed by atoms with Gasteiger partial charge in [0, 0.05) is 22.2 Å². The minimum atomic E-state index is -3.73. The molecule has 7 aliphatic rings. The second-order valence-electron chi connectivity index (χ2n) is 19.2. The van der Waals surface area contributed by atoms with E-state index < -0.39 is 30.5 Å². The van der Waals surface area contributed by atoms with Gasteiger partial charge >= 0.3 is 0 Å². The number of sulfone groups is 2. The summed E-state index contributed by atoms with van der Waals surface area (Å²) in [6.07, 6.45) is 9.83. The van der Waals surface area contributed by atoms with Crippen LogP contribution in [0.1, 0.15) is 114 Å². The highest BCUT2D eigenvalue weighted by atomic mass is 32.2. The molecule has 4 heterocycles. The highest BCUT2D eigenvalue weighted by Crippen LogP contribution is 2.52. The van der Waals surface area contributed by atoms with E-state index in [2.05, 4.69) is 61.8 Å². The molecule has 8 atom stereocenters. The van der Waals surface area contributed by atoms with Gasteiger partial charge in [-0.3, -0.25) is 0 Å². The van der Waals surface area contributed by atoms with Crippen LogP contribution in [-0.4, -0.2) is 65.4 Å². The molecule has 8 nitrogen and oxygen atoms in total. The van der Waals surface area contributed by atoms with Crippen LogP contribution in [-0.2, 0) is 40.0 Å². The number of benzene rings is 4. The zero-order valence-electron chi connectivity index (χ0n) is 33.9. The van der Waals surface area contributed by atoms with Crippen molar-refractivity contribution in [2.24, 2.45) is 0 Å². The maximum atomic E-state index is 14.4. The van der Waals surface area contributed by atoms with Gasteiger partial charge in [-0.15, -0.1) is 0 Å². The Hall–Kier alpha value is -3.70. The number of rotatable bonds is 2. The van der Waals surface area contributed by atoms with Crippen molar-refractivity contribution >= 4 is 31.0 Å². The van der Waals surface area contributed by atoms with E-state index in [1.165, 1.54) is 0 Å². The zero-order valence-corrected chi connectivity index (χ0v) is 35.6. The molecule has 0 N–H and O–H groups in total. The molecule has 3 saturated carbocycles. The molecular weight excluding hydrogens is 765 g/mol. The predicted molar refractivity (Wildman–Crippen MR) is 225 cm³/mol. The predicted octanol–water partition coefficient (Wildman–Crippen LogP) is 8.89. The summed E-state index contributed by atoms with van der Waals surface area (Å²) in [7, 11) is -7.47. The van der Waals surface area contributed by atoms with E-state index in [1.807, 2.05) is 48.5 Å². The van der Waals surface area contributed by atoms with Crippen LogP contribution >= 0.6 is 0 Å². The number of morpholine rings is 2. The van der Waals surface area contributed by atoms with Crippen molar-refractivity contribution in [1.82, 2.24) is 0 Å². The van der Waals surface area contributed by atoms with Crippen molar-refractivity contribution in [2.45, 2.75) is 171 Å². The molecule has 2 saturated heterocycles. The van der Waals surface area contributed by atoms with Crippen LogP contribution < -0.4 is 9.80 Å². The largest absolute Gasteiger partial charge is 0.371 e. The van der Waals surface area contributed by atoms with Crippen LogP contribution in [0.4, 0.5) is 11.4 Å². The highest BCUT2D eigenvalue weighted by molar-refractivity contribution is 7.92. The summed E-state index contributed by atoms with van der Waals surface area (Å²) in [6, 6.07) is 27.7. The van der Waals surface area contributed by atoms with Gasteiger partial charge < -0.3 is 19.3 Å². The van der Waals surface area contributed by atoms with E-state index in [1.54, 1.807) is 12.1 Å².